The summed E-state index contributed by atoms with van der Waals surface area (Å²) in [7, 11) is 0. The Morgan fingerprint density at radius 2 is 1.97 bits per heavy atom. The summed E-state index contributed by atoms with van der Waals surface area (Å²) in [6.07, 6.45) is 1.29. The van der Waals surface area contributed by atoms with Gasteiger partial charge in [0, 0.05) is 22.9 Å². The molecule has 0 unspecified atom stereocenters. The Balaban J connectivity index is 1.55. The molecule has 3 aromatic heterocycles. The summed E-state index contributed by atoms with van der Waals surface area (Å²) >= 11 is 6.13. The molecule has 0 saturated heterocycles. The number of carbonyl (C=O) groups is 1. The zero-order valence-corrected chi connectivity index (χ0v) is 18.9. The summed E-state index contributed by atoms with van der Waals surface area (Å²) in [6, 6.07) is 6.49. The maximum absolute atomic E-state index is 14.4. The van der Waals surface area contributed by atoms with E-state index in [-0.39, 0.29) is 35.1 Å². The Kier molecular flexibility index (Phi) is 5.80. The number of nitrogens with two attached hydrogens (primary N) is 1. The minimum Gasteiger partial charge on any atom is -0.383 e. The minimum atomic E-state index is -0.779. The monoisotopic (exact) mass is 494 g/mol. The predicted molar refractivity (Wildman–Crippen MR) is 124 cm³/mol. The molecule has 4 heterocycles. The minimum absolute atomic E-state index is 0.114. The number of fused-ring (bicyclic) bond motifs is 3. The number of amides is 1. The third-order valence-corrected chi connectivity index (χ3v) is 6.10. The number of halogens is 3. The number of aromatic amines is 1. The number of rotatable bonds is 5. The van der Waals surface area contributed by atoms with Crippen molar-refractivity contribution in [3.8, 4) is 0 Å². The quantitative estimate of drug-likeness (QED) is 0.384. The standard InChI is InChI=1S/C24H17ClF2N6O2/c1-29-21-7-30-12(5-16(21)25)8-33(9-13-17(26)3-2-4-18(13)27)24(34)20-6-19-22(31-20)14-10-35-11-15(14)23(28)32-19/h2-7,31H,8-11H2,(H2,28,32). The molecular weight excluding hydrogens is 478 g/mol. The van der Waals surface area contributed by atoms with Crippen molar-refractivity contribution in [1.82, 2.24) is 19.9 Å². The van der Waals surface area contributed by atoms with Crippen LogP contribution in [-0.4, -0.2) is 25.8 Å². The average Bonchev–Trinajstić information content (AvgIpc) is 3.48. The predicted octanol–water partition coefficient (Wildman–Crippen LogP) is 4.90. The number of benzene rings is 1. The van der Waals surface area contributed by atoms with Crippen molar-refractivity contribution in [1.29, 1.82) is 0 Å². The van der Waals surface area contributed by atoms with Crippen LogP contribution in [0.2, 0.25) is 5.02 Å². The van der Waals surface area contributed by atoms with Gasteiger partial charge < -0.3 is 20.4 Å². The second-order valence-electron chi connectivity index (χ2n) is 7.99. The van der Waals surface area contributed by atoms with E-state index in [1.165, 1.54) is 23.2 Å². The summed E-state index contributed by atoms with van der Waals surface area (Å²) in [5, 5.41) is 0.162. The summed E-state index contributed by atoms with van der Waals surface area (Å²) in [6.45, 7) is 7.29. The number of anilines is 1. The van der Waals surface area contributed by atoms with Crippen molar-refractivity contribution in [2.45, 2.75) is 26.3 Å². The van der Waals surface area contributed by atoms with Gasteiger partial charge in [0.05, 0.1) is 54.6 Å². The van der Waals surface area contributed by atoms with E-state index in [0.29, 0.717) is 35.8 Å². The van der Waals surface area contributed by atoms with Gasteiger partial charge in [-0.3, -0.25) is 9.78 Å². The van der Waals surface area contributed by atoms with E-state index in [2.05, 4.69) is 19.8 Å². The van der Waals surface area contributed by atoms with Crippen LogP contribution in [0.15, 0.2) is 36.5 Å². The number of nitrogen functional groups attached to an aromatic ring is 1. The molecule has 0 atom stereocenters. The Hall–Kier alpha value is -4.07. The van der Waals surface area contributed by atoms with E-state index < -0.39 is 17.5 Å². The number of carbonyl (C=O) groups excluding carboxylic acids is 1. The molecule has 35 heavy (non-hydrogen) atoms. The number of aromatic nitrogens is 3. The first-order valence-electron chi connectivity index (χ1n) is 10.5. The van der Waals surface area contributed by atoms with E-state index >= 15 is 0 Å². The molecule has 4 aromatic rings. The first-order chi connectivity index (χ1) is 16.9. The molecule has 1 amide bonds. The summed E-state index contributed by atoms with van der Waals surface area (Å²) < 4.78 is 34.4. The Morgan fingerprint density at radius 1 is 1.23 bits per heavy atom. The molecule has 0 fully saturated rings. The van der Waals surface area contributed by atoms with Crippen LogP contribution in [0.3, 0.4) is 0 Å². The molecule has 0 radical (unpaired) electrons. The lowest BCUT2D eigenvalue weighted by atomic mass is 10.1. The second kappa shape index (κ2) is 8.94. The van der Waals surface area contributed by atoms with E-state index in [4.69, 9.17) is 28.6 Å². The van der Waals surface area contributed by atoms with Crippen LogP contribution in [-0.2, 0) is 31.0 Å². The smallest absolute Gasteiger partial charge is 0.271 e. The van der Waals surface area contributed by atoms with Gasteiger partial charge in [-0.2, -0.15) is 0 Å². The Labute approximate surface area is 203 Å². The van der Waals surface area contributed by atoms with Crippen LogP contribution in [0.5, 0.6) is 0 Å². The van der Waals surface area contributed by atoms with Gasteiger partial charge >= 0.3 is 0 Å². The summed E-state index contributed by atoms with van der Waals surface area (Å²) in [5.74, 6) is -1.77. The van der Waals surface area contributed by atoms with Gasteiger partial charge in [-0.25, -0.2) is 18.6 Å². The molecular formula is C24H17ClF2N6O2. The third kappa shape index (κ3) is 4.16. The van der Waals surface area contributed by atoms with Crippen molar-refractivity contribution in [2.24, 2.45) is 0 Å². The SMILES string of the molecule is [C-]#[N+]c1cnc(CN(Cc2c(F)cccc2F)C(=O)c2cc3nc(N)c4c(c3[nH]2)COC4)cc1Cl. The highest BCUT2D eigenvalue weighted by Gasteiger charge is 2.26. The van der Waals surface area contributed by atoms with Gasteiger partial charge in [0.15, 0.2) is 0 Å². The van der Waals surface area contributed by atoms with Crippen LogP contribution in [0.1, 0.15) is 32.9 Å². The largest absolute Gasteiger partial charge is 0.383 e. The van der Waals surface area contributed by atoms with Crippen LogP contribution in [0.25, 0.3) is 15.9 Å². The lowest BCUT2D eigenvalue weighted by Gasteiger charge is -2.23. The maximum Gasteiger partial charge on any atom is 0.271 e. The molecule has 0 aliphatic carbocycles. The van der Waals surface area contributed by atoms with Gasteiger partial charge in [0.2, 0.25) is 5.69 Å². The number of pyridine rings is 2. The molecule has 5 rings (SSSR count). The molecule has 8 nitrogen and oxygen atoms in total. The second-order valence-corrected chi connectivity index (χ2v) is 8.40. The zero-order valence-electron chi connectivity index (χ0n) is 18.1. The van der Waals surface area contributed by atoms with E-state index in [9.17, 15) is 13.6 Å². The van der Waals surface area contributed by atoms with Crippen molar-refractivity contribution in [2.75, 3.05) is 5.73 Å². The molecule has 11 heteroatoms. The highest BCUT2D eigenvalue weighted by atomic mass is 35.5. The third-order valence-electron chi connectivity index (χ3n) is 5.80. The molecule has 0 saturated carbocycles. The molecule has 0 spiro atoms. The molecule has 1 aromatic carbocycles. The molecule has 3 N–H and O–H groups in total. The highest BCUT2D eigenvalue weighted by molar-refractivity contribution is 6.33. The molecule has 1 aliphatic heterocycles. The summed E-state index contributed by atoms with van der Waals surface area (Å²) in [4.78, 5) is 29.7. The average molecular weight is 495 g/mol. The Bertz CT molecular complexity index is 1510. The van der Waals surface area contributed by atoms with Crippen molar-refractivity contribution >= 4 is 40.0 Å². The highest BCUT2D eigenvalue weighted by Crippen LogP contribution is 2.32. The fourth-order valence-electron chi connectivity index (χ4n) is 4.03. The van der Waals surface area contributed by atoms with Crippen molar-refractivity contribution < 1.29 is 18.3 Å². The number of hydrogen-bond acceptors (Lipinski definition) is 5. The van der Waals surface area contributed by atoms with Crippen LogP contribution >= 0.6 is 11.6 Å². The van der Waals surface area contributed by atoms with Crippen molar-refractivity contribution in [3.63, 3.8) is 0 Å². The first kappa shape index (κ1) is 22.7. The van der Waals surface area contributed by atoms with Crippen LogP contribution < -0.4 is 5.73 Å². The maximum atomic E-state index is 14.4. The number of H-pyrrole nitrogens is 1. The van der Waals surface area contributed by atoms with Gasteiger partial charge in [-0.1, -0.05) is 17.7 Å². The first-order valence-corrected chi connectivity index (χ1v) is 10.8. The van der Waals surface area contributed by atoms with E-state index in [0.717, 1.165) is 23.3 Å². The lowest BCUT2D eigenvalue weighted by Crippen LogP contribution is -2.31. The van der Waals surface area contributed by atoms with Crippen LogP contribution in [0, 0.1) is 18.2 Å². The normalized spacial score (nSPS) is 12.5. The molecule has 1 aliphatic rings. The van der Waals surface area contributed by atoms with Gasteiger partial charge in [-0.15, -0.1) is 0 Å². The summed E-state index contributed by atoms with van der Waals surface area (Å²) in [5.41, 5.74) is 9.12. The fourth-order valence-corrected chi connectivity index (χ4v) is 4.24. The zero-order chi connectivity index (χ0) is 24.7. The topological polar surface area (TPSA) is 101 Å². The number of nitrogens with one attached hydrogen (secondary N) is 1. The van der Waals surface area contributed by atoms with Crippen molar-refractivity contribution in [3.05, 3.63) is 92.7 Å². The lowest BCUT2D eigenvalue weighted by molar-refractivity contribution is 0.0719. The number of nitrogens with zero attached hydrogens (tertiary/aromatic N) is 4. The van der Waals surface area contributed by atoms with Gasteiger partial charge in [0.1, 0.15) is 23.1 Å². The number of ether oxygens (including phenoxy) is 1. The Morgan fingerprint density at radius 3 is 2.69 bits per heavy atom. The van der Waals surface area contributed by atoms with Gasteiger partial charge in [0.25, 0.3) is 5.91 Å². The van der Waals surface area contributed by atoms with E-state index in [1.54, 1.807) is 6.07 Å². The fraction of sp³-hybridized carbons (Fsp3) is 0.167. The molecule has 176 valence electrons. The number of hydrogen-bond donors (Lipinski definition) is 2. The molecule has 0 bridgehead atoms. The van der Waals surface area contributed by atoms with Crippen LogP contribution in [0.4, 0.5) is 20.3 Å². The van der Waals surface area contributed by atoms with Gasteiger partial charge in [-0.05, 0) is 24.3 Å². The van der Waals surface area contributed by atoms with E-state index in [1.807, 2.05) is 0 Å².